The molecule has 2 N–H and O–H groups in total. The molecule has 0 bridgehead atoms. The molecular weight excluding hydrogens is 430 g/mol. The van der Waals surface area contributed by atoms with E-state index in [1.54, 1.807) is 18.2 Å². The van der Waals surface area contributed by atoms with Gasteiger partial charge in [-0.25, -0.2) is 4.79 Å². The summed E-state index contributed by atoms with van der Waals surface area (Å²) in [6.07, 6.45) is -1.05. The molecule has 0 spiro atoms. The van der Waals surface area contributed by atoms with E-state index >= 15 is 0 Å². The van der Waals surface area contributed by atoms with Crippen LogP contribution in [0.15, 0.2) is 66.7 Å². The van der Waals surface area contributed by atoms with Crippen LogP contribution < -0.4 is 10.1 Å². The van der Waals surface area contributed by atoms with E-state index in [0.29, 0.717) is 16.3 Å². The van der Waals surface area contributed by atoms with Gasteiger partial charge in [-0.3, -0.25) is 4.79 Å². The summed E-state index contributed by atoms with van der Waals surface area (Å²) < 4.78 is 10.9. The van der Waals surface area contributed by atoms with Crippen LogP contribution in [-0.4, -0.2) is 30.9 Å². The first-order chi connectivity index (χ1) is 15.5. The predicted octanol–water partition coefficient (Wildman–Crippen LogP) is 5.40. The first-order valence-electron chi connectivity index (χ1n) is 10.1. The zero-order valence-corrected chi connectivity index (χ0v) is 18.1. The zero-order valence-electron chi connectivity index (χ0n) is 17.4. The molecule has 32 heavy (non-hydrogen) atoms. The summed E-state index contributed by atoms with van der Waals surface area (Å²) in [6.45, 7) is 0.131. The van der Waals surface area contributed by atoms with Crippen LogP contribution in [0, 0.1) is 0 Å². The molecular formula is C25H22ClNO5. The topological polar surface area (TPSA) is 84.9 Å². The fourth-order valence-corrected chi connectivity index (χ4v) is 4.35. The molecule has 1 amide bonds. The highest BCUT2D eigenvalue weighted by Gasteiger charge is 2.30. The van der Waals surface area contributed by atoms with Crippen LogP contribution in [0.1, 0.15) is 35.1 Å². The smallest absolute Gasteiger partial charge is 0.407 e. The quantitative estimate of drug-likeness (QED) is 0.502. The molecule has 164 valence electrons. The van der Waals surface area contributed by atoms with E-state index in [-0.39, 0.29) is 18.9 Å². The van der Waals surface area contributed by atoms with E-state index in [4.69, 9.17) is 21.1 Å². The van der Waals surface area contributed by atoms with Gasteiger partial charge in [0.2, 0.25) is 0 Å². The average molecular weight is 452 g/mol. The van der Waals surface area contributed by atoms with Gasteiger partial charge < -0.3 is 19.9 Å². The minimum atomic E-state index is -1.07. The van der Waals surface area contributed by atoms with Gasteiger partial charge in [-0.05, 0) is 40.5 Å². The van der Waals surface area contributed by atoms with E-state index in [1.165, 1.54) is 7.11 Å². The third-order valence-electron chi connectivity index (χ3n) is 5.58. The van der Waals surface area contributed by atoms with E-state index in [2.05, 4.69) is 17.4 Å². The summed E-state index contributed by atoms with van der Waals surface area (Å²) in [5, 5.41) is 12.4. The molecule has 7 heteroatoms. The number of carbonyl (C=O) groups is 2. The second-order valence-corrected chi connectivity index (χ2v) is 7.94. The van der Waals surface area contributed by atoms with Crippen LogP contribution >= 0.6 is 11.6 Å². The molecule has 4 rings (SSSR count). The number of rotatable bonds is 7. The molecule has 1 atom stereocenters. The van der Waals surface area contributed by atoms with E-state index in [0.717, 1.165) is 22.3 Å². The third-order valence-corrected chi connectivity index (χ3v) is 5.82. The van der Waals surface area contributed by atoms with Crippen molar-refractivity contribution in [2.45, 2.75) is 18.4 Å². The molecule has 0 fully saturated rings. The van der Waals surface area contributed by atoms with Gasteiger partial charge in [0.25, 0.3) is 0 Å². The number of benzene rings is 3. The maximum atomic E-state index is 12.7. The number of alkyl carbamates (subject to hydrolysis) is 1. The molecule has 0 radical (unpaired) electrons. The lowest BCUT2D eigenvalue weighted by Gasteiger charge is -2.21. The van der Waals surface area contributed by atoms with Gasteiger partial charge in [0, 0.05) is 16.5 Å². The van der Waals surface area contributed by atoms with Crippen molar-refractivity contribution in [3.8, 4) is 16.9 Å². The Kier molecular flexibility index (Phi) is 6.32. The molecule has 1 aliphatic rings. The van der Waals surface area contributed by atoms with Gasteiger partial charge in [0.1, 0.15) is 12.4 Å². The Morgan fingerprint density at radius 3 is 2.25 bits per heavy atom. The number of aliphatic carboxylic acids is 1. The van der Waals surface area contributed by atoms with Crippen molar-refractivity contribution >= 4 is 23.7 Å². The van der Waals surface area contributed by atoms with Crippen molar-refractivity contribution < 1.29 is 24.2 Å². The minimum Gasteiger partial charge on any atom is -0.496 e. The monoisotopic (exact) mass is 451 g/mol. The minimum absolute atomic E-state index is 0.0909. The van der Waals surface area contributed by atoms with Crippen molar-refractivity contribution in [1.29, 1.82) is 0 Å². The Labute approximate surface area is 190 Å². The number of nitrogens with one attached hydrogen (secondary N) is 1. The van der Waals surface area contributed by atoms with Gasteiger partial charge in [-0.2, -0.15) is 0 Å². The molecule has 3 aromatic carbocycles. The van der Waals surface area contributed by atoms with Crippen LogP contribution in [0.25, 0.3) is 11.1 Å². The number of amides is 1. The predicted molar refractivity (Wildman–Crippen MR) is 121 cm³/mol. The first kappa shape index (κ1) is 21.7. The molecule has 0 aromatic heterocycles. The van der Waals surface area contributed by atoms with Crippen LogP contribution in [0.3, 0.4) is 0 Å². The average Bonchev–Trinajstić information content (AvgIpc) is 3.11. The molecule has 0 saturated carbocycles. The molecule has 0 saturated heterocycles. The SMILES string of the molecule is COc1ccc(Cl)cc1[C@@H](CC(=O)O)NC(=O)OCC1c2ccccc2-c2ccccc21. The zero-order chi connectivity index (χ0) is 22.7. The van der Waals surface area contributed by atoms with Crippen molar-refractivity contribution in [3.63, 3.8) is 0 Å². The highest BCUT2D eigenvalue weighted by atomic mass is 35.5. The van der Waals surface area contributed by atoms with Crippen LogP contribution in [0.4, 0.5) is 4.79 Å². The van der Waals surface area contributed by atoms with Gasteiger partial charge >= 0.3 is 12.1 Å². The Hall–Kier alpha value is -3.51. The third kappa shape index (κ3) is 4.41. The Balaban J connectivity index is 1.51. The van der Waals surface area contributed by atoms with Crippen molar-refractivity contribution in [2.75, 3.05) is 13.7 Å². The fourth-order valence-electron chi connectivity index (χ4n) is 4.17. The van der Waals surface area contributed by atoms with Gasteiger partial charge in [-0.1, -0.05) is 60.1 Å². The number of carbonyl (C=O) groups excluding carboxylic acids is 1. The Bertz CT molecular complexity index is 1120. The molecule has 0 unspecified atom stereocenters. The van der Waals surface area contributed by atoms with E-state index in [1.807, 2.05) is 36.4 Å². The van der Waals surface area contributed by atoms with Crippen LogP contribution in [-0.2, 0) is 9.53 Å². The second kappa shape index (κ2) is 9.32. The maximum absolute atomic E-state index is 12.7. The van der Waals surface area contributed by atoms with Gasteiger partial charge in [-0.15, -0.1) is 0 Å². The standard InChI is InChI=1S/C25H22ClNO5/c1-31-23-11-10-15(26)12-20(23)22(13-24(28)29)27-25(30)32-14-21-18-8-4-2-6-16(18)17-7-3-5-9-19(17)21/h2-12,21-22H,13-14H2,1H3,(H,27,30)(H,28,29)/t22-/m1/s1. The summed E-state index contributed by atoms with van der Waals surface area (Å²) in [7, 11) is 1.47. The summed E-state index contributed by atoms with van der Waals surface area (Å²) in [5.41, 5.74) is 4.92. The van der Waals surface area contributed by atoms with E-state index in [9.17, 15) is 14.7 Å². The summed E-state index contributed by atoms with van der Waals surface area (Å²) >= 11 is 6.09. The normalized spacial score (nSPS) is 13.1. The number of hydrogen-bond donors (Lipinski definition) is 2. The summed E-state index contributed by atoms with van der Waals surface area (Å²) in [4.78, 5) is 24.1. The number of hydrogen-bond acceptors (Lipinski definition) is 4. The van der Waals surface area contributed by atoms with Crippen LogP contribution in [0.5, 0.6) is 5.75 Å². The lowest BCUT2D eigenvalue weighted by molar-refractivity contribution is -0.137. The van der Waals surface area contributed by atoms with Gasteiger partial charge in [0.05, 0.1) is 19.6 Å². The second-order valence-electron chi connectivity index (χ2n) is 7.51. The van der Waals surface area contributed by atoms with Crippen molar-refractivity contribution in [2.24, 2.45) is 0 Å². The number of fused-ring (bicyclic) bond motifs is 3. The highest BCUT2D eigenvalue weighted by Crippen LogP contribution is 2.44. The number of carboxylic acids is 1. The molecule has 1 aliphatic carbocycles. The number of methoxy groups -OCH3 is 1. The number of ether oxygens (including phenoxy) is 2. The lowest BCUT2D eigenvalue weighted by Crippen LogP contribution is -2.32. The highest BCUT2D eigenvalue weighted by molar-refractivity contribution is 6.30. The molecule has 0 heterocycles. The van der Waals surface area contributed by atoms with E-state index < -0.39 is 18.1 Å². The van der Waals surface area contributed by atoms with Gasteiger partial charge in [0.15, 0.2) is 0 Å². The first-order valence-corrected chi connectivity index (χ1v) is 10.5. The molecule has 0 aliphatic heterocycles. The largest absolute Gasteiger partial charge is 0.496 e. The lowest BCUT2D eigenvalue weighted by atomic mass is 9.98. The number of halogens is 1. The van der Waals surface area contributed by atoms with Crippen molar-refractivity contribution in [3.05, 3.63) is 88.4 Å². The Morgan fingerprint density at radius 2 is 1.66 bits per heavy atom. The fraction of sp³-hybridized carbons (Fsp3) is 0.200. The van der Waals surface area contributed by atoms with Crippen molar-refractivity contribution in [1.82, 2.24) is 5.32 Å². The summed E-state index contributed by atoms with van der Waals surface area (Å²) in [6, 6.07) is 20.1. The Morgan fingerprint density at radius 1 is 1.03 bits per heavy atom. The van der Waals surface area contributed by atoms with Crippen LogP contribution in [0.2, 0.25) is 5.02 Å². The molecule has 3 aromatic rings. The summed E-state index contributed by atoms with van der Waals surface area (Å²) in [5.74, 6) is -0.734. The molecule has 6 nitrogen and oxygen atoms in total. The number of carboxylic acid groups (broad SMARTS) is 1. The maximum Gasteiger partial charge on any atom is 0.407 e.